The fraction of sp³-hybridized carbons (Fsp3) is 0.211. The van der Waals surface area contributed by atoms with E-state index in [1.807, 2.05) is 42.2 Å². The maximum Gasteiger partial charge on any atom is 0.161 e. The number of hydrogen-bond acceptors (Lipinski definition) is 4. The van der Waals surface area contributed by atoms with Gasteiger partial charge in [-0.05, 0) is 50.4 Å². The molecule has 0 aromatic heterocycles. The topological polar surface area (TPSA) is 32.3 Å². The molecule has 2 aromatic carbocycles. The highest BCUT2D eigenvalue weighted by Crippen LogP contribution is 2.43. The zero-order chi connectivity index (χ0) is 16.2. The van der Waals surface area contributed by atoms with Crippen LogP contribution in [-0.2, 0) is 0 Å². The lowest BCUT2D eigenvalue weighted by Crippen LogP contribution is -2.27. The molecule has 0 amide bonds. The molecule has 0 aliphatic carbocycles. The molecular weight excluding hydrogens is 304 g/mol. The number of nitrogens with zero attached hydrogens (tertiary/aromatic N) is 1. The SMILES string of the molecule is CCN1c2ccccc2S[C@H]1/C=C/Nc1ccccc1C(C)=O. The van der Waals surface area contributed by atoms with E-state index >= 15 is 0 Å². The first-order valence-corrected chi connectivity index (χ1v) is 8.64. The lowest BCUT2D eigenvalue weighted by molar-refractivity contribution is 0.101. The van der Waals surface area contributed by atoms with Crippen molar-refractivity contribution >= 4 is 28.9 Å². The van der Waals surface area contributed by atoms with Gasteiger partial charge in [0.15, 0.2) is 5.78 Å². The molecule has 118 valence electrons. The molecule has 23 heavy (non-hydrogen) atoms. The zero-order valence-corrected chi connectivity index (χ0v) is 14.1. The molecule has 0 spiro atoms. The van der Waals surface area contributed by atoms with Gasteiger partial charge in [-0.2, -0.15) is 0 Å². The molecule has 2 aromatic rings. The third kappa shape index (κ3) is 3.27. The fourth-order valence-corrected chi connectivity index (χ4v) is 4.02. The summed E-state index contributed by atoms with van der Waals surface area (Å²) in [5.41, 5.74) is 2.85. The average Bonchev–Trinajstić information content (AvgIpc) is 2.92. The van der Waals surface area contributed by atoms with Crippen LogP contribution in [0.5, 0.6) is 0 Å². The number of thioether (sulfide) groups is 1. The Morgan fingerprint density at radius 1 is 1.22 bits per heavy atom. The van der Waals surface area contributed by atoms with Crippen molar-refractivity contribution in [1.29, 1.82) is 0 Å². The summed E-state index contributed by atoms with van der Waals surface area (Å²) >= 11 is 1.85. The summed E-state index contributed by atoms with van der Waals surface area (Å²) in [7, 11) is 0. The van der Waals surface area contributed by atoms with Gasteiger partial charge in [-0.1, -0.05) is 36.0 Å². The summed E-state index contributed by atoms with van der Waals surface area (Å²) in [6, 6.07) is 16.1. The van der Waals surface area contributed by atoms with E-state index in [-0.39, 0.29) is 11.2 Å². The molecule has 1 aliphatic heterocycles. The van der Waals surface area contributed by atoms with Crippen molar-refractivity contribution in [1.82, 2.24) is 0 Å². The van der Waals surface area contributed by atoms with E-state index in [1.165, 1.54) is 10.6 Å². The lowest BCUT2D eigenvalue weighted by atomic mass is 10.1. The van der Waals surface area contributed by atoms with Crippen LogP contribution in [0.3, 0.4) is 0 Å². The standard InChI is InChI=1S/C19H20N2OS/c1-3-21-17-10-6-7-11-18(17)23-19(21)12-13-20-16-9-5-4-8-15(16)14(2)22/h4-13,19-20H,3H2,1-2H3/b13-12+/t19-/m0/s1. The summed E-state index contributed by atoms with van der Waals surface area (Å²) < 4.78 is 0. The minimum atomic E-state index is 0.0688. The van der Waals surface area contributed by atoms with E-state index in [0.717, 1.165) is 12.2 Å². The van der Waals surface area contributed by atoms with Crippen LogP contribution in [0, 0.1) is 0 Å². The molecule has 1 N–H and O–H groups in total. The van der Waals surface area contributed by atoms with Gasteiger partial charge < -0.3 is 10.2 Å². The first-order valence-electron chi connectivity index (χ1n) is 7.76. The van der Waals surface area contributed by atoms with Gasteiger partial charge in [0, 0.05) is 22.7 Å². The molecule has 1 aliphatic rings. The highest BCUT2D eigenvalue weighted by Gasteiger charge is 2.26. The third-order valence-corrected chi connectivity index (χ3v) is 5.13. The molecule has 0 fully saturated rings. The summed E-state index contributed by atoms with van der Waals surface area (Å²) in [6.07, 6.45) is 4.08. The average molecular weight is 324 g/mol. The maximum atomic E-state index is 11.7. The van der Waals surface area contributed by atoms with Crippen LogP contribution in [0.1, 0.15) is 24.2 Å². The molecule has 1 heterocycles. The van der Waals surface area contributed by atoms with Crippen LogP contribution in [0.15, 0.2) is 65.7 Å². The Labute approximate surface area is 141 Å². The predicted molar refractivity (Wildman–Crippen MR) is 98.3 cm³/mol. The van der Waals surface area contributed by atoms with Gasteiger partial charge in [0.25, 0.3) is 0 Å². The molecule has 0 saturated carbocycles. The molecule has 0 unspecified atom stereocenters. The first-order chi connectivity index (χ1) is 11.2. The normalized spacial score (nSPS) is 16.6. The number of benzene rings is 2. The minimum Gasteiger partial charge on any atom is -0.361 e. The third-order valence-electron chi connectivity index (χ3n) is 3.88. The van der Waals surface area contributed by atoms with E-state index in [4.69, 9.17) is 0 Å². The van der Waals surface area contributed by atoms with Crippen LogP contribution < -0.4 is 10.2 Å². The van der Waals surface area contributed by atoms with Crippen LogP contribution in [0.25, 0.3) is 0 Å². The highest BCUT2D eigenvalue weighted by molar-refractivity contribution is 8.00. The number of ketones is 1. The van der Waals surface area contributed by atoms with E-state index in [0.29, 0.717) is 5.56 Å². The summed E-state index contributed by atoms with van der Waals surface area (Å²) in [5.74, 6) is 0.0688. The Bertz CT molecular complexity index is 742. The quantitative estimate of drug-likeness (QED) is 0.803. The Morgan fingerprint density at radius 3 is 2.74 bits per heavy atom. The Kier molecular flexibility index (Phi) is 4.72. The Balaban J connectivity index is 1.74. The van der Waals surface area contributed by atoms with E-state index in [2.05, 4.69) is 47.5 Å². The number of anilines is 2. The molecule has 0 radical (unpaired) electrons. The van der Waals surface area contributed by atoms with Crippen molar-refractivity contribution < 1.29 is 4.79 Å². The first kappa shape index (κ1) is 15.7. The van der Waals surface area contributed by atoms with Crippen LogP contribution >= 0.6 is 11.8 Å². The monoisotopic (exact) mass is 324 g/mol. The zero-order valence-electron chi connectivity index (χ0n) is 13.3. The fourth-order valence-electron chi connectivity index (χ4n) is 2.75. The number of para-hydroxylation sites is 2. The van der Waals surface area contributed by atoms with E-state index in [1.54, 1.807) is 6.92 Å². The number of carbonyl (C=O) groups excluding carboxylic acids is 1. The highest BCUT2D eigenvalue weighted by atomic mass is 32.2. The second-order valence-corrected chi connectivity index (χ2v) is 6.53. The molecule has 1 atom stereocenters. The smallest absolute Gasteiger partial charge is 0.161 e. The molecule has 0 saturated heterocycles. The molecule has 3 nitrogen and oxygen atoms in total. The summed E-state index contributed by atoms with van der Waals surface area (Å²) in [6.45, 7) is 4.72. The van der Waals surface area contributed by atoms with E-state index in [9.17, 15) is 4.79 Å². The van der Waals surface area contributed by atoms with Crippen LogP contribution in [0.2, 0.25) is 0 Å². The minimum absolute atomic E-state index is 0.0688. The van der Waals surface area contributed by atoms with Crippen molar-refractivity contribution in [2.45, 2.75) is 24.1 Å². The number of fused-ring (bicyclic) bond motifs is 1. The van der Waals surface area contributed by atoms with Crippen LogP contribution in [0.4, 0.5) is 11.4 Å². The second kappa shape index (κ2) is 6.92. The molecule has 0 bridgehead atoms. The number of likely N-dealkylation sites (N-methyl/N-ethyl adjacent to an activating group) is 1. The molecule has 3 rings (SSSR count). The number of nitrogens with one attached hydrogen (secondary N) is 1. The van der Waals surface area contributed by atoms with Gasteiger partial charge in [0.2, 0.25) is 0 Å². The maximum absolute atomic E-state index is 11.7. The predicted octanol–water partition coefficient (Wildman–Crippen LogP) is 4.77. The lowest BCUT2D eigenvalue weighted by Gasteiger charge is -2.22. The van der Waals surface area contributed by atoms with Crippen molar-refractivity contribution in [3.05, 3.63) is 66.4 Å². The number of Topliss-reactive ketones (excluding diaryl/α,β-unsaturated/α-hetero) is 1. The summed E-state index contributed by atoms with van der Waals surface area (Å²) in [5, 5.41) is 3.52. The van der Waals surface area contributed by atoms with Crippen molar-refractivity contribution in [2.75, 3.05) is 16.8 Å². The van der Waals surface area contributed by atoms with E-state index < -0.39 is 0 Å². The van der Waals surface area contributed by atoms with Gasteiger partial charge in [0.05, 0.1) is 11.1 Å². The van der Waals surface area contributed by atoms with Crippen molar-refractivity contribution in [2.24, 2.45) is 0 Å². The van der Waals surface area contributed by atoms with Crippen molar-refractivity contribution in [3.63, 3.8) is 0 Å². The van der Waals surface area contributed by atoms with Gasteiger partial charge in [-0.3, -0.25) is 4.79 Å². The number of rotatable bonds is 5. The van der Waals surface area contributed by atoms with Crippen molar-refractivity contribution in [3.8, 4) is 0 Å². The largest absolute Gasteiger partial charge is 0.361 e. The number of carbonyl (C=O) groups is 1. The summed E-state index contributed by atoms with van der Waals surface area (Å²) in [4.78, 5) is 15.3. The Morgan fingerprint density at radius 2 is 1.96 bits per heavy atom. The number of hydrogen-bond donors (Lipinski definition) is 1. The van der Waals surface area contributed by atoms with Crippen LogP contribution in [-0.4, -0.2) is 17.7 Å². The molecule has 4 heteroatoms. The Hall–Kier alpha value is -2.20. The van der Waals surface area contributed by atoms with Gasteiger partial charge in [-0.25, -0.2) is 0 Å². The second-order valence-electron chi connectivity index (χ2n) is 5.37. The van der Waals surface area contributed by atoms with Gasteiger partial charge in [-0.15, -0.1) is 0 Å². The molecular formula is C19H20N2OS. The van der Waals surface area contributed by atoms with Gasteiger partial charge in [0.1, 0.15) is 0 Å². The van der Waals surface area contributed by atoms with Gasteiger partial charge >= 0.3 is 0 Å².